The molecule has 0 spiro atoms. The standard InChI is InChI=1S/C20H16N4O4S2/c1-13-7-9-15(10-8-13)30(27,28)22-18(25)12-24-20(26)16-11-17(29-19(16)21-23-24)14-5-3-2-4-6-14/h2-11H,12H2,1H3,(H,22,25). The zero-order valence-electron chi connectivity index (χ0n) is 15.8. The van der Waals surface area contributed by atoms with Crippen molar-refractivity contribution >= 4 is 37.5 Å². The Balaban J connectivity index is 1.58. The van der Waals surface area contributed by atoms with E-state index in [2.05, 4.69) is 10.3 Å². The van der Waals surface area contributed by atoms with Gasteiger partial charge in [0.2, 0.25) is 0 Å². The van der Waals surface area contributed by atoms with Gasteiger partial charge in [-0.15, -0.1) is 16.4 Å². The average Bonchev–Trinajstić information content (AvgIpc) is 3.16. The summed E-state index contributed by atoms with van der Waals surface area (Å²) in [6.45, 7) is 1.26. The number of nitrogens with one attached hydrogen (secondary N) is 1. The molecule has 2 aromatic carbocycles. The third-order valence-electron chi connectivity index (χ3n) is 4.35. The van der Waals surface area contributed by atoms with Crippen LogP contribution in [-0.2, 0) is 21.4 Å². The van der Waals surface area contributed by atoms with E-state index in [0.29, 0.717) is 10.2 Å². The Morgan fingerprint density at radius 1 is 1.10 bits per heavy atom. The summed E-state index contributed by atoms with van der Waals surface area (Å²) in [5, 5.41) is 8.11. The molecule has 0 fully saturated rings. The largest absolute Gasteiger partial charge is 0.279 e. The van der Waals surface area contributed by atoms with Crippen molar-refractivity contribution < 1.29 is 13.2 Å². The summed E-state index contributed by atoms with van der Waals surface area (Å²) in [6.07, 6.45) is 0. The van der Waals surface area contributed by atoms with Gasteiger partial charge in [-0.25, -0.2) is 17.8 Å². The first-order valence-corrected chi connectivity index (χ1v) is 11.2. The van der Waals surface area contributed by atoms with E-state index in [1.54, 1.807) is 18.2 Å². The van der Waals surface area contributed by atoms with E-state index in [1.807, 2.05) is 42.0 Å². The second kappa shape index (κ2) is 7.81. The van der Waals surface area contributed by atoms with E-state index in [-0.39, 0.29) is 4.90 Å². The molecule has 0 aliphatic rings. The van der Waals surface area contributed by atoms with Crippen molar-refractivity contribution in [3.63, 3.8) is 0 Å². The van der Waals surface area contributed by atoms with Crippen LogP contribution in [0.15, 0.2) is 70.4 Å². The van der Waals surface area contributed by atoms with Crippen LogP contribution in [0.3, 0.4) is 0 Å². The topological polar surface area (TPSA) is 111 Å². The van der Waals surface area contributed by atoms with Crippen LogP contribution in [0.5, 0.6) is 0 Å². The fourth-order valence-electron chi connectivity index (χ4n) is 2.83. The highest BCUT2D eigenvalue weighted by Gasteiger charge is 2.19. The molecular formula is C20H16N4O4S2. The van der Waals surface area contributed by atoms with Crippen molar-refractivity contribution in [2.75, 3.05) is 0 Å². The molecule has 4 aromatic rings. The summed E-state index contributed by atoms with van der Waals surface area (Å²) in [4.78, 5) is 26.2. The van der Waals surface area contributed by atoms with Gasteiger partial charge in [0.15, 0.2) is 4.83 Å². The zero-order valence-corrected chi connectivity index (χ0v) is 17.4. The van der Waals surface area contributed by atoms with Gasteiger partial charge in [0.05, 0.1) is 10.3 Å². The molecule has 0 unspecified atom stereocenters. The molecule has 0 aliphatic carbocycles. The lowest BCUT2D eigenvalue weighted by Gasteiger charge is -2.07. The molecule has 0 saturated carbocycles. The zero-order chi connectivity index (χ0) is 21.3. The molecule has 152 valence electrons. The van der Waals surface area contributed by atoms with Gasteiger partial charge in [-0.1, -0.05) is 53.2 Å². The lowest BCUT2D eigenvalue weighted by atomic mass is 10.2. The first kappa shape index (κ1) is 19.9. The maximum atomic E-state index is 12.7. The lowest BCUT2D eigenvalue weighted by Crippen LogP contribution is -2.37. The minimum atomic E-state index is -4.04. The summed E-state index contributed by atoms with van der Waals surface area (Å²) < 4.78 is 27.5. The number of carbonyl (C=O) groups excluding carboxylic acids is 1. The van der Waals surface area contributed by atoms with Gasteiger partial charge in [-0.05, 0) is 30.7 Å². The molecule has 0 atom stereocenters. The molecule has 1 amide bonds. The minimum Gasteiger partial charge on any atom is -0.272 e. The fraction of sp³-hybridized carbons (Fsp3) is 0.100. The van der Waals surface area contributed by atoms with Crippen LogP contribution in [0.1, 0.15) is 5.56 Å². The lowest BCUT2D eigenvalue weighted by molar-refractivity contribution is -0.120. The summed E-state index contributed by atoms with van der Waals surface area (Å²) >= 11 is 1.32. The van der Waals surface area contributed by atoms with E-state index in [1.165, 1.54) is 23.5 Å². The highest BCUT2D eigenvalue weighted by atomic mass is 32.2. The molecule has 4 rings (SSSR count). The Bertz CT molecular complexity index is 1390. The number of rotatable bonds is 5. The SMILES string of the molecule is Cc1ccc(S(=O)(=O)NC(=O)Cn2nnc3sc(-c4ccccc4)cc3c2=O)cc1. The van der Waals surface area contributed by atoms with E-state index < -0.39 is 28.0 Å². The third-order valence-corrected chi connectivity index (χ3v) is 6.81. The molecule has 0 radical (unpaired) electrons. The smallest absolute Gasteiger partial charge is 0.272 e. The van der Waals surface area contributed by atoms with Crippen LogP contribution in [0.4, 0.5) is 0 Å². The van der Waals surface area contributed by atoms with Crippen LogP contribution in [0.2, 0.25) is 0 Å². The van der Waals surface area contributed by atoms with Gasteiger partial charge >= 0.3 is 0 Å². The van der Waals surface area contributed by atoms with Gasteiger partial charge in [-0.2, -0.15) is 0 Å². The van der Waals surface area contributed by atoms with E-state index in [0.717, 1.165) is 20.7 Å². The van der Waals surface area contributed by atoms with Gasteiger partial charge in [-0.3, -0.25) is 9.59 Å². The fourth-order valence-corrected chi connectivity index (χ4v) is 4.77. The number of aromatic nitrogens is 3. The number of aryl methyl sites for hydroxylation is 1. The van der Waals surface area contributed by atoms with E-state index >= 15 is 0 Å². The molecule has 1 N–H and O–H groups in total. The molecular weight excluding hydrogens is 424 g/mol. The minimum absolute atomic E-state index is 0.0410. The third kappa shape index (κ3) is 4.00. The number of carbonyl (C=O) groups is 1. The first-order valence-electron chi connectivity index (χ1n) is 8.88. The van der Waals surface area contributed by atoms with Gasteiger partial charge in [0, 0.05) is 4.88 Å². The average molecular weight is 441 g/mol. The van der Waals surface area contributed by atoms with Crippen molar-refractivity contribution in [1.29, 1.82) is 0 Å². The van der Waals surface area contributed by atoms with Crippen molar-refractivity contribution in [2.24, 2.45) is 0 Å². The maximum absolute atomic E-state index is 12.7. The van der Waals surface area contributed by atoms with Crippen LogP contribution in [0, 0.1) is 6.92 Å². The number of fused-ring (bicyclic) bond motifs is 1. The van der Waals surface area contributed by atoms with Crippen LogP contribution >= 0.6 is 11.3 Å². The molecule has 8 nitrogen and oxygen atoms in total. The second-order valence-electron chi connectivity index (χ2n) is 6.59. The Morgan fingerprint density at radius 3 is 2.50 bits per heavy atom. The molecule has 0 saturated heterocycles. The Kier molecular flexibility index (Phi) is 5.18. The molecule has 0 bridgehead atoms. The highest BCUT2D eigenvalue weighted by Crippen LogP contribution is 2.30. The predicted molar refractivity (Wildman–Crippen MR) is 114 cm³/mol. The quantitative estimate of drug-likeness (QED) is 0.510. The molecule has 10 heteroatoms. The van der Waals surface area contributed by atoms with Gasteiger partial charge in [0.1, 0.15) is 6.54 Å². The monoisotopic (exact) mass is 440 g/mol. The number of amides is 1. The van der Waals surface area contributed by atoms with Crippen molar-refractivity contribution in [1.82, 2.24) is 19.7 Å². The Morgan fingerprint density at radius 2 is 1.80 bits per heavy atom. The second-order valence-corrected chi connectivity index (χ2v) is 9.30. The van der Waals surface area contributed by atoms with Gasteiger partial charge < -0.3 is 0 Å². The van der Waals surface area contributed by atoms with Crippen molar-refractivity contribution in [3.05, 3.63) is 76.6 Å². The van der Waals surface area contributed by atoms with Crippen LogP contribution in [0.25, 0.3) is 20.7 Å². The van der Waals surface area contributed by atoms with E-state index in [9.17, 15) is 18.0 Å². The number of nitrogens with zero attached hydrogens (tertiary/aromatic N) is 3. The summed E-state index contributed by atoms with van der Waals surface area (Å²) in [7, 11) is -4.04. The van der Waals surface area contributed by atoms with Crippen LogP contribution in [-0.4, -0.2) is 29.3 Å². The van der Waals surface area contributed by atoms with Crippen molar-refractivity contribution in [2.45, 2.75) is 18.4 Å². The highest BCUT2D eigenvalue weighted by molar-refractivity contribution is 7.90. The van der Waals surface area contributed by atoms with Crippen LogP contribution < -0.4 is 10.3 Å². The maximum Gasteiger partial charge on any atom is 0.279 e. The molecule has 0 aliphatic heterocycles. The van der Waals surface area contributed by atoms with Gasteiger partial charge in [0.25, 0.3) is 21.5 Å². The number of hydrogen-bond acceptors (Lipinski definition) is 7. The number of hydrogen-bond donors (Lipinski definition) is 1. The predicted octanol–water partition coefficient (Wildman–Crippen LogP) is 2.33. The molecule has 2 aromatic heterocycles. The normalized spacial score (nSPS) is 11.5. The molecule has 30 heavy (non-hydrogen) atoms. The summed E-state index contributed by atoms with van der Waals surface area (Å²) in [6, 6.07) is 17.3. The summed E-state index contributed by atoms with van der Waals surface area (Å²) in [5.41, 5.74) is 1.32. The Labute approximate surface area is 175 Å². The van der Waals surface area contributed by atoms with Crippen molar-refractivity contribution in [3.8, 4) is 10.4 Å². The number of sulfonamides is 1. The number of benzene rings is 2. The first-order chi connectivity index (χ1) is 14.3. The molecule has 2 heterocycles. The number of thiophene rings is 1. The van der Waals surface area contributed by atoms with E-state index in [4.69, 9.17) is 0 Å². The summed E-state index contributed by atoms with van der Waals surface area (Å²) in [5.74, 6) is -0.884. The Hall–Kier alpha value is -3.37.